The summed E-state index contributed by atoms with van der Waals surface area (Å²) >= 11 is 0. The van der Waals surface area contributed by atoms with Crippen LogP contribution in [0.3, 0.4) is 0 Å². The van der Waals surface area contributed by atoms with Gasteiger partial charge in [-0.3, -0.25) is 5.10 Å². The van der Waals surface area contributed by atoms with Gasteiger partial charge in [-0.1, -0.05) is 0 Å². The van der Waals surface area contributed by atoms with Gasteiger partial charge in [-0.25, -0.2) is 4.98 Å². The molecule has 1 saturated heterocycles. The lowest BCUT2D eigenvalue weighted by Gasteiger charge is -2.23. The fourth-order valence-electron chi connectivity index (χ4n) is 2.97. The lowest BCUT2D eigenvalue weighted by atomic mass is 9.94. The number of hydrogen-bond acceptors (Lipinski definition) is 4. The molecule has 0 spiro atoms. The van der Waals surface area contributed by atoms with Crippen LogP contribution in [-0.4, -0.2) is 34.3 Å². The molecule has 8 heteroatoms. The zero-order valence-electron chi connectivity index (χ0n) is 13.1. The van der Waals surface area contributed by atoms with Gasteiger partial charge in [-0.15, -0.1) is 0 Å². The third-order valence-electron chi connectivity index (χ3n) is 4.00. The first-order chi connectivity index (χ1) is 10.9. The SMILES string of the molecule is CC(C)Nc1n[nH]c2nc(C3CCCNC3)cc(C(F)(F)F)c12. The van der Waals surface area contributed by atoms with E-state index in [4.69, 9.17) is 0 Å². The van der Waals surface area contributed by atoms with Crippen molar-refractivity contribution in [1.82, 2.24) is 20.5 Å². The number of nitrogens with zero attached hydrogens (tertiary/aromatic N) is 2. The first kappa shape index (κ1) is 16.0. The standard InChI is InChI=1S/C15H20F3N5/c1-8(2)20-13-12-10(15(16,17)18)6-11(21-14(12)23-22-13)9-4-3-5-19-7-9/h6,8-9,19H,3-5,7H2,1-2H3,(H2,20,21,22,23). The second-order valence-corrected chi connectivity index (χ2v) is 6.23. The molecule has 0 radical (unpaired) electrons. The molecule has 1 aliphatic heterocycles. The monoisotopic (exact) mass is 327 g/mol. The van der Waals surface area contributed by atoms with Gasteiger partial charge < -0.3 is 10.6 Å². The molecule has 0 saturated carbocycles. The van der Waals surface area contributed by atoms with E-state index in [9.17, 15) is 13.2 Å². The largest absolute Gasteiger partial charge is 0.417 e. The van der Waals surface area contributed by atoms with Gasteiger partial charge in [-0.05, 0) is 39.3 Å². The zero-order valence-corrected chi connectivity index (χ0v) is 13.1. The minimum absolute atomic E-state index is 0.000872. The molecular weight excluding hydrogens is 307 g/mol. The molecule has 3 N–H and O–H groups in total. The number of aromatic nitrogens is 3. The molecular formula is C15H20F3N5. The number of alkyl halides is 3. The molecule has 1 unspecified atom stereocenters. The van der Waals surface area contributed by atoms with E-state index in [2.05, 4.69) is 25.8 Å². The van der Waals surface area contributed by atoms with E-state index in [1.165, 1.54) is 6.07 Å². The van der Waals surface area contributed by atoms with E-state index in [1.807, 2.05) is 13.8 Å². The van der Waals surface area contributed by atoms with Gasteiger partial charge in [0.2, 0.25) is 0 Å². The number of anilines is 1. The molecule has 2 aromatic rings. The van der Waals surface area contributed by atoms with E-state index in [-0.39, 0.29) is 28.8 Å². The van der Waals surface area contributed by atoms with Crippen LogP contribution < -0.4 is 10.6 Å². The number of fused-ring (bicyclic) bond motifs is 1. The minimum Gasteiger partial charge on any atom is -0.366 e. The third-order valence-corrected chi connectivity index (χ3v) is 4.00. The number of H-pyrrole nitrogens is 1. The maximum absolute atomic E-state index is 13.5. The Balaban J connectivity index is 2.12. The topological polar surface area (TPSA) is 65.6 Å². The quantitative estimate of drug-likeness (QED) is 0.809. The summed E-state index contributed by atoms with van der Waals surface area (Å²) in [6.45, 7) is 5.25. The number of rotatable bonds is 3. The normalized spacial score (nSPS) is 19.5. The molecule has 126 valence electrons. The summed E-state index contributed by atoms with van der Waals surface area (Å²) in [6.07, 6.45) is -2.67. The summed E-state index contributed by atoms with van der Waals surface area (Å²) in [6, 6.07) is 1.16. The van der Waals surface area contributed by atoms with Crippen molar-refractivity contribution in [3.8, 4) is 0 Å². The molecule has 0 aromatic carbocycles. The molecule has 2 aromatic heterocycles. The highest BCUT2D eigenvalue weighted by molar-refractivity contribution is 5.91. The fraction of sp³-hybridized carbons (Fsp3) is 0.600. The Morgan fingerprint density at radius 2 is 2.13 bits per heavy atom. The number of aromatic amines is 1. The van der Waals surface area contributed by atoms with E-state index in [1.54, 1.807) is 0 Å². The van der Waals surface area contributed by atoms with Crippen molar-refractivity contribution in [2.75, 3.05) is 18.4 Å². The Bertz CT molecular complexity index is 686. The summed E-state index contributed by atoms with van der Waals surface area (Å²) in [4.78, 5) is 4.40. The van der Waals surface area contributed by atoms with Crippen LogP contribution in [0, 0.1) is 0 Å². The second kappa shape index (κ2) is 5.99. The Kier molecular flexibility index (Phi) is 4.18. The zero-order chi connectivity index (χ0) is 16.6. The molecule has 0 amide bonds. The van der Waals surface area contributed by atoms with Gasteiger partial charge in [0.05, 0.1) is 10.9 Å². The van der Waals surface area contributed by atoms with Crippen molar-refractivity contribution < 1.29 is 13.2 Å². The van der Waals surface area contributed by atoms with Crippen molar-refractivity contribution in [3.63, 3.8) is 0 Å². The van der Waals surface area contributed by atoms with Crippen LogP contribution in [0.5, 0.6) is 0 Å². The van der Waals surface area contributed by atoms with E-state index in [0.717, 1.165) is 19.4 Å². The first-order valence-electron chi connectivity index (χ1n) is 7.79. The molecule has 0 aliphatic carbocycles. The molecule has 5 nitrogen and oxygen atoms in total. The Hall–Kier alpha value is -1.83. The number of hydrogen-bond donors (Lipinski definition) is 3. The Labute approximate surface area is 132 Å². The highest BCUT2D eigenvalue weighted by Crippen LogP contribution is 2.39. The summed E-state index contributed by atoms with van der Waals surface area (Å²) in [5.41, 5.74) is -0.0275. The summed E-state index contributed by atoms with van der Waals surface area (Å²) in [5, 5.41) is 12.8. The van der Waals surface area contributed by atoms with Crippen LogP contribution in [0.1, 0.15) is 43.9 Å². The second-order valence-electron chi connectivity index (χ2n) is 6.23. The van der Waals surface area contributed by atoms with E-state index >= 15 is 0 Å². The molecule has 23 heavy (non-hydrogen) atoms. The average molecular weight is 327 g/mol. The van der Waals surface area contributed by atoms with Gasteiger partial charge >= 0.3 is 6.18 Å². The Morgan fingerprint density at radius 1 is 1.35 bits per heavy atom. The van der Waals surface area contributed by atoms with Crippen molar-refractivity contribution in [2.45, 2.75) is 44.8 Å². The predicted octanol–water partition coefficient (Wildman–Crippen LogP) is 3.26. The summed E-state index contributed by atoms with van der Waals surface area (Å²) in [5.74, 6) is 0.196. The summed E-state index contributed by atoms with van der Waals surface area (Å²) in [7, 11) is 0. The van der Waals surface area contributed by atoms with Gasteiger partial charge in [0.25, 0.3) is 0 Å². The van der Waals surface area contributed by atoms with Crippen molar-refractivity contribution in [2.24, 2.45) is 0 Å². The fourth-order valence-corrected chi connectivity index (χ4v) is 2.97. The molecule has 1 atom stereocenters. The molecule has 3 rings (SSSR count). The van der Waals surface area contributed by atoms with Gasteiger partial charge in [-0.2, -0.15) is 18.3 Å². The van der Waals surface area contributed by atoms with Crippen molar-refractivity contribution in [3.05, 3.63) is 17.3 Å². The maximum atomic E-state index is 13.5. The number of halogens is 3. The number of pyridine rings is 1. The van der Waals surface area contributed by atoms with Gasteiger partial charge in [0.1, 0.15) is 0 Å². The summed E-state index contributed by atoms with van der Waals surface area (Å²) < 4.78 is 40.6. The predicted molar refractivity (Wildman–Crippen MR) is 82.5 cm³/mol. The van der Waals surface area contributed by atoms with E-state index < -0.39 is 11.7 Å². The van der Waals surface area contributed by atoms with Crippen molar-refractivity contribution >= 4 is 16.9 Å². The van der Waals surface area contributed by atoms with Crippen LogP contribution in [0.25, 0.3) is 11.0 Å². The Morgan fingerprint density at radius 3 is 2.74 bits per heavy atom. The van der Waals surface area contributed by atoms with Crippen LogP contribution in [-0.2, 0) is 6.18 Å². The molecule has 3 heterocycles. The average Bonchev–Trinajstić information content (AvgIpc) is 2.88. The van der Waals surface area contributed by atoms with Gasteiger partial charge in [0, 0.05) is 24.2 Å². The lowest BCUT2D eigenvalue weighted by Crippen LogP contribution is -2.29. The molecule has 1 fully saturated rings. The van der Waals surface area contributed by atoms with Gasteiger partial charge in [0.15, 0.2) is 11.5 Å². The van der Waals surface area contributed by atoms with Crippen LogP contribution in [0.4, 0.5) is 19.0 Å². The molecule has 0 bridgehead atoms. The van der Waals surface area contributed by atoms with Crippen LogP contribution >= 0.6 is 0 Å². The first-order valence-corrected chi connectivity index (χ1v) is 7.79. The number of nitrogens with one attached hydrogen (secondary N) is 3. The third kappa shape index (κ3) is 3.26. The molecule has 1 aliphatic rings. The highest BCUT2D eigenvalue weighted by Gasteiger charge is 2.36. The highest BCUT2D eigenvalue weighted by atomic mass is 19.4. The maximum Gasteiger partial charge on any atom is 0.417 e. The van der Waals surface area contributed by atoms with Crippen LogP contribution in [0.2, 0.25) is 0 Å². The minimum atomic E-state index is -4.45. The van der Waals surface area contributed by atoms with Crippen LogP contribution in [0.15, 0.2) is 6.07 Å². The van der Waals surface area contributed by atoms with E-state index in [0.29, 0.717) is 12.2 Å². The lowest BCUT2D eigenvalue weighted by molar-refractivity contribution is -0.136. The van der Waals surface area contributed by atoms with Crippen molar-refractivity contribution in [1.29, 1.82) is 0 Å². The number of piperidine rings is 1. The smallest absolute Gasteiger partial charge is 0.366 e.